The first kappa shape index (κ1) is 12.7. The summed E-state index contributed by atoms with van der Waals surface area (Å²) in [6, 6.07) is 6.65. The molecule has 4 nitrogen and oxygen atoms in total. The van der Waals surface area contributed by atoms with E-state index in [1.807, 2.05) is 4.90 Å². The second-order valence-electron chi connectivity index (χ2n) is 5.59. The molecule has 1 aliphatic heterocycles. The van der Waals surface area contributed by atoms with Crippen LogP contribution in [0.4, 0.5) is 0 Å². The fraction of sp³-hybridized carbons (Fsp3) is 0.500. The molecule has 2 bridgehead atoms. The Kier molecular flexibility index (Phi) is 2.89. The molecule has 1 saturated heterocycles. The topological polar surface area (TPSA) is 54.5 Å². The zero-order chi connectivity index (χ0) is 13.6. The fourth-order valence-corrected chi connectivity index (χ4v) is 3.81. The number of fused-ring (bicyclic) bond motifs is 2. The Morgan fingerprint density at radius 2 is 1.89 bits per heavy atom. The third-order valence-corrected chi connectivity index (χ3v) is 5.33. The highest BCUT2D eigenvalue weighted by Crippen LogP contribution is 2.38. The van der Waals surface area contributed by atoms with E-state index < -0.39 is 9.84 Å². The van der Waals surface area contributed by atoms with E-state index in [1.165, 1.54) is 24.8 Å². The van der Waals surface area contributed by atoms with Gasteiger partial charge in [0.2, 0.25) is 0 Å². The molecule has 0 spiro atoms. The van der Waals surface area contributed by atoms with Crippen molar-refractivity contribution in [3.8, 4) is 0 Å². The minimum Gasteiger partial charge on any atom is -0.335 e. The summed E-state index contributed by atoms with van der Waals surface area (Å²) in [5.74, 6) is 0.705. The first-order chi connectivity index (χ1) is 8.95. The lowest BCUT2D eigenvalue weighted by molar-refractivity contribution is 0.0703. The third-order valence-electron chi connectivity index (χ3n) is 4.20. The van der Waals surface area contributed by atoms with Gasteiger partial charge in [0.1, 0.15) is 0 Å². The van der Waals surface area contributed by atoms with Crippen molar-refractivity contribution in [2.24, 2.45) is 5.92 Å². The summed E-state index contributed by atoms with van der Waals surface area (Å²) in [6.45, 7) is 0.858. The van der Waals surface area contributed by atoms with Crippen molar-refractivity contribution < 1.29 is 13.2 Å². The normalized spacial score (nSPS) is 25.8. The second kappa shape index (κ2) is 4.34. The second-order valence-corrected chi connectivity index (χ2v) is 7.60. The van der Waals surface area contributed by atoms with Crippen LogP contribution in [0.25, 0.3) is 0 Å². The lowest BCUT2D eigenvalue weighted by atomic mass is 10.1. The number of carbonyl (C=O) groups is 1. The van der Waals surface area contributed by atoms with E-state index in [2.05, 4.69) is 0 Å². The molecule has 0 aromatic heterocycles. The van der Waals surface area contributed by atoms with Crippen molar-refractivity contribution in [3.05, 3.63) is 29.8 Å². The number of sulfone groups is 1. The minimum atomic E-state index is -3.20. The molecule has 1 aliphatic carbocycles. The van der Waals surface area contributed by atoms with Crippen LogP contribution in [-0.4, -0.2) is 38.1 Å². The molecule has 19 heavy (non-hydrogen) atoms. The average Bonchev–Trinajstić information content (AvgIpc) is 2.99. The summed E-state index contributed by atoms with van der Waals surface area (Å²) in [7, 11) is -3.20. The predicted octanol–water partition coefficient (Wildman–Crippen LogP) is 1.71. The molecular formula is C14H17NO3S. The third kappa shape index (κ3) is 2.27. The van der Waals surface area contributed by atoms with E-state index in [0.29, 0.717) is 17.5 Å². The number of nitrogens with zero attached hydrogens (tertiary/aromatic N) is 1. The van der Waals surface area contributed by atoms with Gasteiger partial charge in [0.15, 0.2) is 9.84 Å². The summed E-state index contributed by atoms with van der Waals surface area (Å²) in [5.41, 5.74) is 0.583. The highest BCUT2D eigenvalue weighted by molar-refractivity contribution is 7.90. The maximum absolute atomic E-state index is 12.4. The van der Waals surface area contributed by atoms with Gasteiger partial charge in [-0.15, -0.1) is 0 Å². The summed E-state index contributed by atoms with van der Waals surface area (Å²) in [4.78, 5) is 14.6. The van der Waals surface area contributed by atoms with Crippen LogP contribution in [0.15, 0.2) is 29.2 Å². The van der Waals surface area contributed by atoms with E-state index in [0.717, 1.165) is 19.4 Å². The van der Waals surface area contributed by atoms with Crippen LogP contribution in [0, 0.1) is 5.92 Å². The van der Waals surface area contributed by atoms with E-state index in [-0.39, 0.29) is 10.8 Å². The molecule has 1 amide bonds. The van der Waals surface area contributed by atoms with Crippen LogP contribution in [0.5, 0.6) is 0 Å². The highest BCUT2D eigenvalue weighted by Gasteiger charge is 2.40. The molecule has 5 heteroatoms. The highest BCUT2D eigenvalue weighted by atomic mass is 32.2. The Balaban J connectivity index is 1.81. The monoisotopic (exact) mass is 279 g/mol. The summed E-state index contributed by atoms with van der Waals surface area (Å²) >= 11 is 0. The molecule has 1 heterocycles. The van der Waals surface area contributed by atoms with Crippen LogP contribution < -0.4 is 0 Å². The van der Waals surface area contributed by atoms with Crippen molar-refractivity contribution in [2.45, 2.75) is 30.2 Å². The van der Waals surface area contributed by atoms with Crippen molar-refractivity contribution in [1.82, 2.24) is 4.90 Å². The lowest BCUT2D eigenvalue weighted by Gasteiger charge is -2.27. The van der Waals surface area contributed by atoms with Crippen LogP contribution >= 0.6 is 0 Å². The SMILES string of the molecule is CS(=O)(=O)c1ccc(C(=O)N2CC3CCC2C3)cc1. The van der Waals surface area contributed by atoms with Crippen LogP contribution in [0.2, 0.25) is 0 Å². The van der Waals surface area contributed by atoms with Gasteiger partial charge >= 0.3 is 0 Å². The largest absolute Gasteiger partial charge is 0.335 e. The molecule has 0 N–H and O–H groups in total. The van der Waals surface area contributed by atoms with Crippen molar-refractivity contribution >= 4 is 15.7 Å². The minimum absolute atomic E-state index is 0.0345. The quantitative estimate of drug-likeness (QED) is 0.828. The number of carbonyl (C=O) groups excluding carboxylic acids is 1. The molecule has 2 atom stereocenters. The zero-order valence-corrected chi connectivity index (χ0v) is 11.7. The lowest BCUT2D eigenvalue weighted by Crippen LogP contribution is -2.37. The van der Waals surface area contributed by atoms with E-state index in [9.17, 15) is 13.2 Å². The molecule has 2 fully saturated rings. The Bertz CT molecular complexity index is 606. The Morgan fingerprint density at radius 3 is 2.37 bits per heavy atom. The summed E-state index contributed by atoms with van der Waals surface area (Å²) < 4.78 is 22.8. The first-order valence-electron chi connectivity index (χ1n) is 6.56. The standard InChI is InChI=1S/C14H17NO3S/c1-19(17,18)13-6-3-11(4-7-13)14(16)15-9-10-2-5-12(15)8-10/h3-4,6-7,10,12H,2,5,8-9H2,1H3. The van der Waals surface area contributed by atoms with Gasteiger partial charge in [-0.1, -0.05) is 0 Å². The number of piperidine rings is 1. The molecule has 102 valence electrons. The van der Waals surface area contributed by atoms with Gasteiger partial charge in [0.05, 0.1) is 4.90 Å². The molecule has 2 aliphatic rings. The molecule has 1 saturated carbocycles. The first-order valence-corrected chi connectivity index (χ1v) is 8.45. The number of hydrogen-bond acceptors (Lipinski definition) is 3. The summed E-state index contributed by atoms with van der Waals surface area (Å²) in [5, 5.41) is 0. The Morgan fingerprint density at radius 1 is 1.21 bits per heavy atom. The van der Waals surface area contributed by atoms with Crippen molar-refractivity contribution in [2.75, 3.05) is 12.8 Å². The van der Waals surface area contributed by atoms with Crippen LogP contribution in [0.3, 0.4) is 0 Å². The molecule has 1 aromatic carbocycles. The number of hydrogen-bond donors (Lipinski definition) is 0. The molecule has 2 unspecified atom stereocenters. The van der Waals surface area contributed by atoms with E-state index in [1.54, 1.807) is 12.1 Å². The summed E-state index contributed by atoms with van der Waals surface area (Å²) in [6.07, 6.45) is 4.65. The fourth-order valence-electron chi connectivity index (χ4n) is 3.18. The molecule has 3 rings (SSSR count). The van der Waals surface area contributed by atoms with Gasteiger partial charge in [-0.25, -0.2) is 8.42 Å². The van der Waals surface area contributed by atoms with E-state index >= 15 is 0 Å². The Labute approximate surface area is 113 Å². The van der Waals surface area contributed by atoms with Crippen molar-refractivity contribution in [3.63, 3.8) is 0 Å². The maximum Gasteiger partial charge on any atom is 0.254 e. The molecule has 1 aromatic rings. The number of likely N-dealkylation sites (tertiary alicyclic amines) is 1. The smallest absolute Gasteiger partial charge is 0.254 e. The number of rotatable bonds is 2. The molecular weight excluding hydrogens is 262 g/mol. The average molecular weight is 279 g/mol. The van der Waals surface area contributed by atoms with Gasteiger partial charge in [-0.3, -0.25) is 4.79 Å². The maximum atomic E-state index is 12.4. The van der Waals surface area contributed by atoms with Crippen molar-refractivity contribution in [1.29, 1.82) is 0 Å². The molecule has 0 radical (unpaired) electrons. The Hall–Kier alpha value is -1.36. The van der Waals surface area contributed by atoms with Gasteiger partial charge in [-0.2, -0.15) is 0 Å². The number of benzene rings is 1. The number of amides is 1. The van der Waals surface area contributed by atoms with Gasteiger partial charge in [0, 0.05) is 24.4 Å². The zero-order valence-electron chi connectivity index (χ0n) is 10.9. The van der Waals surface area contributed by atoms with Gasteiger partial charge < -0.3 is 4.90 Å². The van der Waals surface area contributed by atoms with E-state index in [4.69, 9.17) is 0 Å². The van der Waals surface area contributed by atoms with Crippen LogP contribution in [-0.2, 0) is 9.84 Å². The van der Waals surface area contributed by atoms with Crippen LogP contribution in [0.1, 0.15) is 29.6 Å². The van der Waals surface area contributed by atoms with Gasteiger partial charge in [-0.05, 0) is 49.4 Å². The predicted molar refractivity (Wildman–Crippen MR) is 71.7 cm³/mol. The van der Waals surface area contributed by atoms with Gasteiger partial charge in [0.25, 0.3) is 5.91 Å².